The van der Waals surface area contributed by atoms with Crippen molar-refractivity contribution in [3.63, 3.8) is 0 Å². The number of piperidine rings is 1. The number of fused-ring (bicyclic) bond motifs is 1. The molecule has 54 heavy (non-hydrogen) atoms. The molecule has 1 unspecified atom stereocenters. The normalized spacial score (nSPS) is 15.7. The standard InChI is InChI=1S/C35H50N2O17/c38-29-5-4-27(34(44)36(29)8-11-48-14-17-51-20-18-49-15-12-46-9-6-30(39)40)37-33(43)26-2-1-3-28(32(26)35(37)45)54-25-24-53-23-22-52-21-19-50-16-13-47-10-7-31(41)42/h1-3,27H,4-25H2,(H,39,40)(H,41,42). The molecule has 19 heteroatoms. The molecule has 2 aliphatic heterocycles. The van der Waals surface area contributed by atoms with Crippen LogP contribution in [0.3, 0.4) is 0 Å². The van der Waals surface area contributed by atoms with Gasteiger partial charge in [-0.2, -0.15) is 0 Å². The van der Waals surface area contributed by atoms with Crippen molar-refractivity contribution in [2.24, 2.45) is 0 Å². The fraction of sp³-hybridized carbons (Fsp3) is 0.657. The molecule has 1 aromatic rings. The van der Waals surface area contributed by atoms with Crippen LogP contribution in [0.5, 0.6) is 5.75 Å². The number of carboxylic acid groups (broad SMARTS) is 2. The average Bonchev–Trinajstić information content (AvgIpc) is 3.40. The highest BCUT2D eigenvalue weighted by Gasteiger charge is 2.48. The van der Waals surface area contributed by atoms with E-state index in [4.69, 9.17) is 52.8 Å². The van der Waals surface area contributed by atoms with Gasteiger partial charge >= 0.3 is 11.9 Å². The molecule has 0 aromatic heterocycles. The van der Waals surface area contributed by atoms with Gasteiger partial charge in [0.2, 0.25) is 5.91 Å². The first-order valence-corrected chi connectivity index (χ1v) is 17.8. The third-order valence-corrected chi connectivity index (χ3v) is 7.80. The summed E-state index contributed by atoms with van der Waals surface area (Å²) in [6, 6.07) is 3.48. The number of nitrogens with zero attached hydrogens (tertiary/aromatic N) is 2. The molecule has 0 bridgehead atoms. The quantitative estimate of drug-likeness (QED) is 0.0739. The molecule has 1 atom stereocenters. The maximum Gasteiger partial charge on any atom is 0.305 e. The number of hydrogen-bond acceptors (Lipinski definition) is 15. The molecule has 3 rings (SSSR count). The summed E-state index contributed by atoms with van der Waals surface area (Å²) in [5, 5.41) is 17.1. The van der Waals surface area contributed by atoms with Crippen molar-refractivity contribution in [3.8, 4) is 5.75 Å². The number of amides is 4. The Labute approximate surface area is 312 Å². The molecule has 0 aliphatic carbocycles. The second kappa shape index (κ2) is 25.9. The molecule has 1 saturated heterocycles. The molecule has 2 aliphatic rings. The molecule has 1 aromatic carbocycles. The second-order valence-corrected chi connectivity index (χ2v) is 11.6. The van der Waals surface area contributed by atoms with Crippen LogP contribution >= 0.6 is 0 Å². The highest BCUT2D eigenvalue weighted by atomic mass is 16.6. The third kappa shape index (κ3) is 15.7. The molecular weight excluding hydrogens is 720 g/mol. The third-order valence-electron chi connectivity index (χ3n) is 7.80. The van der Waals surface area contributed by atoms with E-state index >= 15 is 0 Å². The van der Waals surface area contributed by atoms with Gasteiger partial charge in [-0.3, -0.25) is 38.6 Å². The summed E-state index contributed by atoms with van der Waals surface area (Å²) in [6.45, 7) is 4.05. The van der Waals surface area contributed by atoms with Crippen LogP contribution in [-0.4, -0.2) is 180 Å². The van der Waals surface area contributed by atoms with Crippen molar-refractivity contribution >= 4 is 35.6 Å². The molecular formula is C35H50N2O17. The highest BCUT2D eigenvalue weighted by molar-refractivity contribution is 6.24. The monoisotopic (exact) mass is 770 g/mol. The van der Waals surface area contributed by atoms with Crippen LogP contribution in [0.25, 0.3) is 0 Å². The first-order valence-electron chi connectivity index (χ1n) is 17.8. The van der Waals surface area contributed by atoms with Crippen molar-refractivity contribution in [2.45, 2.75) is 31.7 Å². The van der Waals surface area contributed by atoms with Gasteiger partial charge in [0.25, 0.3) is 17.7 Å². The predicted molar refractivity (Wildman–Crippen MR) is 183 cm³/mol. The van der Waals surface area contributed by atoms with Gasteiger partial charge in [0.05, 0.1) is 136 Å². The van der Waals surface area contributed by atoms with Gasteiger partial charge < -0.3 is 52.8 Å². The van der Waals surface area contributed by atoms with Crippen LogP contribution < -0.4 is 4.74 Å². The SMILES string of the molecule is O=C(O)CCOCCOCCOCCOCCOc1cccc2c1C(=O)N(C1CCC(=O)N(CCOCCOCCOCCOCCC(=O)O)C1=O)C2=O. The molecule has 302 valence electrons. The van der Waals surface area contributed by atoms with E-state index in [1.54, 1.807) is 12.1 Å². The Bertz CT molecular complexity index is 1360. The summed E-state index contributed by atoms with van der Waals surface area (Å²) < 4.78 is 48.5. The Kier molecular flexibility index (Phi) is 21.2. The number of ether oxygens (including phenoxy) is 9. The minimum Gasteiger partial charge on any atom is -0.490 e. The van der Waals surface area contributed by atoms with E-state index in [9.17, 15) is 28.8 Å². The smallest absolute Gasteiger partial charge is 0.305 e. The van der Waals surface area contributed by atoms with Crippen LogP contribution in [-0.2, 0) is 57.1 Å². The Morgan fingerprint density at radius 1 is 0.593 bits per heavy atom. The van der Waals surface area contributed by atoms with Gasteiger partial charge in [-0.15, -0.1) is 0 Å². The number of rotatable bonds is 32. The van der Waals surface area contributed by atoms with E-state index in [1.165, 1.54) is 6.07 Å². The molecule has 0 radical (unpaired) electrons. The predicted octanol–water partition coefficient (Wildman–Crippen LogP) is 0.261. The number of benzene rings is 1. The summed E-state index contributed by atoms with van der Waals surface area (Å²) in [5.41, 5.74) is 0.155. The number of carboxylic acids is 2. The largest absolute Gasteiger partial charge is 0.490 e. The molecule has 2 N–H and O–H groups in total. The topological polar surface area (TPSA) is 232 Å². The van der Waals surface area contributed by atoms with Gasteiger partial charge in [-0.05, 0) is 18.6 Å². The lowest BCUT2D eigenvalue weighted by Crippen LogP contribution is -2.56. The van der Waals surface area contributed by atoms with Crippen LogP contribution in [0.15, 0.2) is 18.2 Å². The van der Waals surface area contributed by atoms with E-state index in [-0.39, 0.29) is 109 Å². The van der Waals surface area contributed by atoms with Crippen LogP contribution in [0, 0.1) is 0 Å². The Morgan fingerprint density at radius 2 is 1.04 bits per heavy atom. The van der Waals surface area contributed by atoms with Crippen LogP contribution in [0.4, 0.5) is 0 Å². The number of carbonyl (C=O) groups excluding carboxylic acids is 4. The van der Waals surface area contributed by atoms with Crippen molar-refractivity contribution in [1.29, 1.82) is 0 Å². The lowest BCUT2D eigenvalue weighted by atomic mass is 10.0. The van der Waals surface area contributed by atoms with Crippen LogP contribution in [0.1, 0.15) is 46.4 Å². The maximum atomic E-state index is 13.6. The average molecular weight is 771 g/mol. The summed E-state index contributed by atoms with van der Waals surface area (Å²) in [5.74, 6) is -4.06. The zero-order valence-corrected chi connectivity index (χ0v) is 30.3. The Morgan fingerprint density at radius 3 is 1.52 bits per heavy atom. The molecule has 19 nitrogen and oxygen atoms in total. The number of aliphatic carboxylic acids is 2. The summed E-state index contributed by atoms with van der Waals surface area (Å²) in [4.78, 5) is 75.7. The summed E-state index contributed by atoms with van der Waals surface area (Å²) in [6.07, 6.45) is -0.141. The van der Waals surface area contributed by atoms with E-state index in [1.807, 2.05) is 0 Å². The van der Waals surface area contributed by atoms with Gasteiger partial charge in [0, 0.05) is 6.42 Å². The van der Waals surface area contributed by atoms with E-state index in [0.717, 1.165) is 9.80 Å². The molecule has 0 saturated carbocycles. The minimum absolute atomic E-state index is 0.00605. The Hall–Kier alpha value is -4.08. The first-order chi connectivity index (χ1) is 26.2. The summed E-state index contributed by atoms with van der Waals surface area (Å²) in [7, 11) is 0. The number of likely N-dealkylation sites (tertiary alicyclic amines) is 1. The number of carbonyl (C=O) groups is 6. The van der Waals surface area contributed by atoms with Crippen molar-refractivity contribution in [3.05, 3.63) is 29.3 Å². The fourth-order valence-corrected chi connectivity index (χ4v) is 5.18. The zero-order chi connectivity index (χ0) is 39.0. The van der Waals surface area contributed by atoms with Gasteiger partial charge in [0.15, 0.2) is 0 Å². The zero-order valence-electron chi connectivity index (χ0n) is 30.3. The summed E-state index contributed by atoms with van der Waals surface area (Å²) >= 11 is 0. The highest BCUT2D eigenvalue weighted by Crippen LogP contribution is 2.34. The number of imide groups is 2. The van der Waals surface area contributed by atoms with E-state index in [2.05, 4.69) is 0 Å². The maximum absolute atomic E-state index is 13.6. The second-order valence-electron chi connectivity index (χ2n) is 11.6. The van der Waals surface area contributed by atoms with Crippen LogP contribution in [0.2, 0.25) is 0 Å². The first kappa shape index (κ1) is 44.3. The van der Waals surface area contributed by atoms with Gasteiger partial charge in [-0.25, -0.2) is 0 Å². The molecule has 1 fully saturated rings. The van der Waals surface area contributed by atoms with Gasteiger partial charge in [-0.1, -0.05) is 6.07 Å². The fourth-order valence-electron chi connectivity index (χ4n) is 5.18. The molecule has 0 spiro atoms. The lowest BCUT2D eigenvalue weighted by molar-refractivity contribution is -0.152. The van der Waals surface area contributed by atoms with Gasteiger partial charge in [0.1, 0.15) is 18.4 Å². The van der Waals surface area contributed by atoms with E-state index < -0.39 is 41.6 Å². The van der Waals surface area contributed by atoms with E-state index in [0.29, 0.717) is 52.9 Å². The lowest BCUT2D eigenvalue weighted by Gasteiger charge is -2.34. The number of hydrogen-bond donors (Lipinski definition) is 2. The van der Waals surface area contributed by atoms with Crippen molar-refractivity contribution in [2.75, 3.05) is 119 Å². The minimum atomic E-state index is -1.15. The van der Waals surface area contributed by atoms with Crippen molar-refractivity contribution < 1.29 is 81.6 Å². The van der Waals surface area contributed by atoms with Crippen molar-refractivity contribution in [1.82, 2.24) is 9.80 Å². The Balaban J connectivity index is 1.30. The molecule has 4 amide bonds. The molecule has 2 heterocycles.